The minimum absolute atomic E-state index is 0.0134. The van der Waals surface area contributed by atoms with E-state index in [0.29, 0.717) is 37.2 Å². The second kappa shape index (κ2) is 8.75. The Kier molecular flexibility index (Phi) is 7.34. The molecule has 0 amide bonds. The first-order valence-corrected chi connectivity index (χ1v) is 8.50. The van der Waals surface area contributed by atoms with E-state index in [1.807, 2.05) is 6.92 Å². The summed E-state index contributed by atoms with van der Waals surface area (Å²) >= 11 is 0. The van der Waals surface area contributed by atoms with E-state index in [9.17, 15) is 8.42 Å². The molecule has 0 bridgehead atoms. The van der Waals surface area contributed by atoms with E-state index < -0.39 is 10.0 Å². The molecule has 3 N–H and O–H groups in total. The Bertz CT molecular complexity index is 536. The van der Waals surface area contributed by atoms with E-state index in [2.05, 4.69) is 25.3 Å². The average molecular weight is 317 g/mol. The molecule has 0 spiro atoms. The van der Waals surface area contributed by atoms with Gasteiger partial charge in [0.2, 0.25) is 10.0 Å². The van der Waals surface area contributed by atoms with Gasteiger partial charge in [0.25, 0.3) is 0 Å². The van der Waals surface area contributed by atoms with Crippen molar-refractivity contribution in [1.29, 1.82) is 0 Å². The summed E-state index contributed by atoms with van der Waals surface area (Å²) in [5, 5.41) is 5.92. The highest BCUT2D eigenvalue weighted by atomic mass is 32.2. The molecule has 0 saturated heterocycles. The molecule has 0 radical (unpaired) electrons. The maximum absolute atomic E-state index is 11.5. The van der Waals surface area contributed by atoms with Gasteiger partial charge in [-0.25, -0.2) is 23.1 Å². The fraction of sp³-hybridized carbons (Fsp3) is 0.667. The highest BCUT2D eigenvalue weighted by Crippen LogP contribution is 2.11. The molecule has 8 nitrogen and oxygen atoms in total. The van der Waals surface area contributed by atoms with Crippen LogP contribution in [0.1, 0.15) is 19.7 Å². The number of hydrogen-bond acceptors (Lipinski definition) is 7. The van der Waals surface area contributed by atoms with Crippen LogP contribution in [0, 0.1) is 0 Å². The molecule has 21 heavy (non-hydrogen) atoms. The molecule has 0 atom stereocenters. The van der Waals surface area contributed by atoms with E-state index in [-0.39, 0.29) is 12.3 Å². The van der Waals surface area contributed by atoms with Crippen molar-refractivity contribution in [3.05, 3.63) is 11.9 Å². The molecule has 1 aromatic rings. The molecule has 0 unspecified atom stereocenters. The summed E-state index contributed by atoms with van der Waals surface area (Å²) in [6.07, 6.45) is 0. The Labute approximate surface area is 125 Å². The zero-order chi connectivity index (χ0) is 15.7. The van der Waals surface area contributed by atoms with Crippen molar-refractivity contribution in [2.24, 2.45) is 0 Å². The van der Waals surface area contributed by atoms with Crippen molar-refractivity contribution in [3.8, 4) is 0 Å². The van der Waals surface area contributed by atoms with Crippen LogP contribution in [-0.2, 0) is 21.4 Å². The van der Waals surface area contributed by atoms with Crippen LogP contribution in [0.2, 0.25) is 0 Å². The van der Waals surface area contributed by atoms with Gasteiger partial charge in [-0.05, 0) is 6.92 Å². The second-order valence-electron chi connectivity index (χ2n) is 4.19. The predicted molar refractivity (Wildman–Crippen MR) is 82.9 cm³/mol. The normalized spacial score (nSPS) is 11.4. The van der Waals surface area contributed by atoms with Crippen LogP contribution in [0.5, 0.6) is 0 Å². The van der Waals surface area contributed by atoms with E-state index in [4.69, 9.17) is 4.74 Å². The third-order valence-electron chi connectivity index (χ3n) is 2.51. The molecule has 120 valence electrons. The van der Waals surface area contributed by atoms with Crippen molar-refractivity contribution in [1.82, 2.24) is 14.7 Å². The van der Waals surface area contributed by atoms with E-state index in [1.165, 1.54) is 0 Å². The van der Waals surface area contributed by atoms with Gasteiger partial charge >= 0.3 is 0 Å². The Balaban J connectivity index is 2.65. The van der Waals surface area contributed by atoms with Crippen LogP contribution in [0.4, 0.5) is 11.6 Å². The zero-order valence-corrected chi connectivity index (χ0v) is 13.5. The zero-order valence-electron chi connectivity index (χ0n) is 12.6. The minimum Gasteiger partial charge on any atom is -0.374 e. The quantitative estimate of drug-likeness (QED) is 0.574. The lowest BCUT2D eigenvalue weighted by Crippen LogP contribution is -2.29. The minimum atomic E-state index is -3.24. The van der Waals surface area contributed by atoms with Crippen molar-refractivity contribution in [3.63, 3.8) is 0 Å². The number of hydrogen-bond donors (Lipinski definition) is 3. The molecule has 0 aromatic carbocycles. The number of aromatic nitrogens is 2. The number of sulfonamides is 1. The van der Waals surface area contributed by atoms with Gasteiger partial charge in [-0.2, -0.15) is 0 Å². The van der Waals surface area contributed by atoms with Gasteiger partial charge in [0.15, 0.2) is 5.82 Å². The third kappa shape index (κ3) is 6.69. The van der Waals surface area contributed by atoms with Crippen molar-refractivity contribution in [2.45, 2.75) is 20.5 Å². The van der Waals surface area contributed by atoms with Crippen LogP contribution in [0.25, 0.3) is 0 Å². The predicted octanol–water partition coefficient (Wildman–Crippen LogP) is 0.406. The van der Waals surface area contributed by atoms with Crippen LogP contribution < -0.4 is 15.4 Å². The number of ether oxygens (including phenoxy) is 1. The standard InChI is InChI=1S/C12H23N5O3S/c1-4-15-21(18,19)7-6-14-11-8-10(13-3)16-12(17-11)9-20-5-2/h8,15H,4-7,9H2,1-3H3,(H2,13,14,16,17). The van der Waals surface area contributed by atoms with Gasteiger partial charge in [-0.3, -0.25) is 0 Å². The lowest BCUT2D eigenvalue weighted by Gasteiger charge is -2.10. The summed E-state index contributed by atoms with van der Waals surface area (Å²) < 4.78 is 30.8. The Morgan fingerprint density at radius 1 is 1.24 bits per heavy atom. The van der Waals surface area contributed by atoms with Gasteiger partial charge in [0.05, 0.1) is 5.75 Å². The number of rotatable bonds is 10. The monoisotopic (exact) mass is 317 g/mol. The first-order chi connectivity index (χ1) is 10.0. The maximum atomic E-state index is 11.5. The summed E-state index contributed by atoms with van der Waals surface area (Å²) in [5.74, 6) is 1.74. The summed E-state index contributed by atoms with van der Waals surface area (Å²) in [7, 11) is -1.48. The molecular weight excluding hydrogens is 294 g/mol. The fourth-order valence-corrected chi connectivity index (χ4v) is 2.53. The molecule has 0 aliphatic heterocycles. The van der Waals surface area contributed by atoms with Gasteiger partial charge < -0.3 is 15.4 Å². The third-order valence-corrected chi connectivity index (χ3v) is 3.98. The molecule has 9 heteroatoms. The van der Waals surface area contributed by atoms with Crippen LogP contribution in [0.15, 0.2) is 6.07 Å². The summed E-state index contributed by atoms with van der Waals surface area (Å²) in [4.78, 5) is 8.54. The molecule has 1 heterocycles. The van der Waals surface area contributed by atoms with Crippen molar-refractivity contribution in [2.75, 3.05) is 43.1 Å². The topological polar surface area (TPSA) is 105 Å². The van der Waals surface area contributed by atoms with Crippen LogP contribution in [0.3, 0.4) is 0 Å². The van der Waals surface area contributed by atoms with E-state index in [1.54, 1.807) is 20.0 Å². The fourth-order valence-electron chi connectivity index (χ4n) is 1.58. The number of nitrogens with one attached hydrogen (secondary N) is 3. The van der Waals surface area contributed by atoms with Crippen LogP contribution in [-0.4, -0.2) is 50.9 Å². The lowest BCUT2D eigenvalue weighted by molar-refractivity contribution is 0.128. The van der Waals surface area contributed by atoms with Gasteiger partial charge in [-0.15, -0.1) is 0 Å². The number of nitrogens with zero attached hydrogens (tertiary/aromatic N) is 2. The van der Waals surface area contributed by atoms with Gasteiger partial charge in [0, 0.05) is 32.8 Å². The molecular formula is C12H23N5O3S. The Hall–Kier alpha value is -1.45. The summed E-state index contributed by atoms with van der Waals surface area (Å²) in [6.45, 7) is 5.19. The molecule has 0 saturated carbocycles. The highest BCUT2D eigenvalue weighted by Gasteiger charge is 2.09. The van der Waals surface area contributed by atoms with Crippen LogP contribution >= 0.6 is 0 Å². The first kappa shape index (κ1) is 17.6. The Morgan fingerprint density at radius 3 is 2.57 bits per heavy atom. The summed E-state index contributed by atoms with van der Waals surface area (Å²) in [5.41, 5.74) is 0. The Morgan fingerprint density at radius 2 is 1.95 bits per heavy atom. The van der Waals surface area contributed by atoms with E-state index >= 15 is 0 Å². The molecule has 1 rings (SSSR count). The van der Waals surface area contributed by atoms with Crippen molar-refractivity contribution >= 4 is 21.7 Å². The van der Waals surface area contributed by atoms with E-state index in [0.717, 1.165) is 0 Å². The van der Waals surface area contributed by atoms with Crippen molar-refractivity contribution < 1.29 is 13.2 Å². The maximum Gasteiger partial charge on any atom is 0.213 e. The largest absolute Gasteiger partial charge is 0.374 e. The smallest absolute Gasteiger partial charge is 0.213 e. The number of anilines is 2. The average Bonchev–Trinajstić information content (AvgIpc) is 2.44. The molecule has 0 fully saturated rings. The molecule has 1 aromatic heterocycles. The molecule has 0 aliphatic rings. The molecule has 0 aliphatic carbocycles. The first-order valence-electron chi connectivity index (χ1n) is 6.85. The lowest BCUT2D eigenvalue weighted by atomic mass is 10.4. The second-order valence-corrected chi connectivity index (χ2v) is 6.11. The summed E-state index contributed by atoms with van der Waals surface area (Å²) in [6, 6.07) is 1.72. The SMILES string of the molecule is CCNS(=O)(=O)CCNc1cc(NC)nc(COCC)n1. The van der Waals surface area contributed by atoms with Gasteiger partial charge in [-0.1, -0.05) is 6.92 Å². The highest BCUT2D eigenvalue weighted by molar-refractivity contribution is 7.89. The van der Waals surface area contributed by atoms with Gasteiger partial charge in [0.1, 0.15) is 18.2 Å².